The summed E-state index contributed by atoms with van der Waals surface area (Å²) in [7, 11) is 1.79. The van der Waals surface area contributed by atoms with Gasteiger partial charge in [0.25, 0.3) is 0 Å². The standard InChI is InChI=1S/C15H26N2OS/c1-6-16-9-11-12(10-7-8-10)17-14(19-11)13(18-5)15(2,3)4/h10,13,16H,6-9H2,1-5H3. The molecule has 1 unspecified atom stereocenters. The Morgan fingerprint density at radius 2 is 2.11 bits per heavy atom. The van der Waals surface area contributed by atoms with E-state index in [1.165, 1.54) is 23.4 Å². The zero-order chi connectivity index (χ0) is 14.0. The molecule has 0 amide bonds. The minimum absolute atomic E-state index is 0.0862. The summed E-state index contributed by atoms with van der Waals surface area (Å²) in [5.41, 5.74) is 1.41. The van der Waals surface area contributed by atoms with Crippen LogP contribution in [0.25, 0.3) is 0 Å². The summed E-state index contributed by atoms with van der Waals surface area (Å²) in [6.07, 6.45) is 2.69. The normalized spacial score (nSPS) is 17.7. The van der Waals surface area contributed by atoms with Crippen LogP contribution >= 0.6 is 11.3 Å². The fourth-order valence-electron chi connectivity index (χ4n) is 2.36. The van der Waals surface area contributed by atoms with E-state index >= 15 is 0 Å². The third-order valence-corrected chi connectivity index (χ3v) is 4.60. The van der Waals surface area contributed by atoms with Gasteiger partial charge in [-0.05, 0) is 24.8 Å². The van der Waals surface area contributed by atoms with Crippen LogP contribution in [-0.4, -0.2) is 18.6 Å². The Labute approximate surface area is 120 Å². The molecule has 1 N–H and O–H groups in total. The maximum Gasteiger partial charge on any atom is 0.123 e. The molecule has 0 spiro atoms. The SMILES string of the molecule is CCNCc1sc(C(OC)C(C)(C)C)nc1C1CC1. The first kappa shape index (κ1) is 14.9. The van der Waals surface area contributed by atoms with Crippen LogP contribution < -0.4 is 5.32 Å². The van der Waals surface area contributed by atoms with Crippen molar-refractivity contribution >= 4 is 11.3 Å². The van der Waals surface area contributed by atoms with Gasteiger partial charge in [-0.3, -0.25) is 0 Å². The molecule has 0 saturated heterocycles. The average molecular weight is 282 g/mol. The van der Waals surface area contributed by atoms with Gasteiger partial charge in [-0.15, -0.1) is 11.3 Å². The molecule has 0 aromatic carbocycles. The van der Waals surface area contributed by atoms with Gasteiger partial charge in [-0.2, -0.15) is 0 Å². The van der Waals surface area contributed by atoms with Crippen LogP contribution in [0.5, 0.6) is 0 Å². The van der Waals surface area contributed by atoms with Crippen molar-refractivity contribution < 1.29 is 4.74 Å². The molecule has 1 saturated carbocycles. The van der Waals surface area contributed by atoms with Gasteiger partial charge < -0.3 is 10.1 Å². The molecular formula is C15H26N2OS. The third kappa shape index (κ3) is 3.56. The molecule has 2 rings (SSSR count). The number of thiazole rings is 1. The topological polar surface area (TPSA) is 34.1 Å². The summed E-state index contributed by atoms with van der Waals surface area (Å²) in [6.45, 7) is 10.7. The van der Waals surface area contributed by atoms with E-state index in [2.05, 4.69) is 33.0 Å². The van der Waals surface area contributed by atoms with E-state index < -0.39 is 0 Å². The van der Waals surface area contributed by atoms with Crippen molar-refractivity contribution in [1.29, 1.82) is 0 Å². The van der Waals surface area contributed by atoms with Gasteiger partial charge in [0.1, 0.15) is 11.1 Å². The fourth-order valence-corrected chi connectivity index (χ4v) is 3.80. The Bertz CT molecular complexity index is 418. The molecule has 1 aromatic rings. The highest BCUT2D eigenvalue weighted by atomic mass is 32.1. The predicted molar refractivity (Wildman–Crippen MR) is 80.7 cm³/mol. The highest BCUT2D eigenvalue weighted by molar-refractivity contribution is 7.11. The summed E-state index contributed by atoms with van der Waals surface area (Å²) in [4.78, 5) is 6.32. The van der Waals surface area contributed by atoms with Crippen LogP contribution in [0, 0.1) is 5.41 Å². The van der Waals surface area contributed by atoms with Crippen molar-refractivity contribution in [3.8, 4) is 0 Å². The van der Waals surface area contributed by atoms with Crippen molar-refractivity contribution in [2.75, 3.05) is 13.7 Å². The van der Waals surface area contributed by atoms with E-state index in [0.29, 0.717) is 5.92 Å². The Hall–Kier alpha value is -0.450. The van der Waals surface area contributed by atoms with Gasteiger partial charge in [0.2, 0.25) is 0 Å². The number of hydrogen-bond acceptors (Lipinski definition) is 4. The fraction of sp³-hybridized carbons (Fsp3) is 0.800. The smallest absolute Gasteiger partial charge is 0.123 e. The summed E-state index contributed by atoms with van der Waals surface area (Å²) >= 11 is 1.83. The number of rotatable bonds is 6. The number of nitrogens with one attached hydrogen (secondary N) is 1. The molecule has 1 aliphatic rings. The van der Waals surface area contributed by atoms with Crippen molar-refractivity contribution in [2.45, 2.75) is 59.1 Å². The van der Waals surface area contributed by atoms with E-state index in [-0.39, 0.29) is 11.5 Å². The first-order valence-electron chi connectivity index (χ1n) is 7.20. The Morgan fingerprint density at radius 1 is 1.42 bits per heavy atom. The molecule has 19 heavy (non-hydrogen) atoms. The van der Waals surface area contributed by atoms with Crippen LogP contribution in [0.3, 0.4) is 0 Å². The third-order valence-electron chi connectivity index (χ3n) is 3.49. The van der Waals surface area contributed by atoms with Gasteiger partial charge in [0.15, 0.2) is 0 Å². The van der Waals surface area contributed by atoms with Crippen LogP contribution in [-0.2, 0) is 11.3 Å². The highest BCUT2D eigenvalue weighted by Crippen LogP contribution is 2.45. The predicted octanol–water partition coefficient (Wildman–Crippen LogP) is 3.86. The summed E-state index contributed by atoms with van der Waals surface area (Å²) in [5.74, 6) is 0.705. The van der Waals surface area contributed by atoms with E-state index in [1.807, 2.05) is 11.3 Å². The molecular weight excluding hydrogens is 256 g/mol. The first-order chi connectivity index (χ1) is 8.97. The maximum absolute atomic E-state index is 5.70. The second-order valence-electron chi connectivity index (χ2n) is 6.40. The molecule has 3 nitrogen and oxygen atoms in total. The lowest BCUT2D eigenvalue weighted by Crippen LogP contribution is -2.19. The average Bonchev–Trinajstić information content (AvgIpc) is 3.08. The van der Waals surface area contributed by atoms with E-state index in [9.17, 15) is 0 Å². The lowest BCUT2D eigenvalue weighted by Gasteiger charge is -2.27. The molecule has 1 atom stereocenters. The second kappa shape index (κ2) is 5.90. The molecule has 1 aromatic heterocycles. The number of methoxy groups -OCH3 is 1. The quantitative estimate of drug-likeness (QED) is 0.860. The lowest BCUT2D eigenvalue weighted by molar-refractivity contribution is 0.0149. The number of nitrogens with zero attached hydrogens (tertiary/aromatic N) is 1. The summed E-state index contributed by atoms with van der Waals surface area (Å²) < 4.78 is 5.70. The second-order valence-corrected chi connectivity index (χ2v) is 7.51. The van der Waals surface area contributed by atoms with Crippen molar-refractivity contribution in [3.05, 3.63) is 15.6 Å². The molecule has 4 heteroatoms. The maximum atomic E-state index is 5.70. The molecule has 0 bridgehead atoms. The van der Waals surface area contributed by atoms with Crippen LogP contribution in [0.4, 0.5) is 0 Å². The van der Waals surface area contributed by atoms with Gasteiger partial charge in [0.05, 0.1) is 5.69 Å². The number of ether oxygens (including phenoxy) is 1. The molecule has 1 fully saturated rings. The van der Waals surface area contributed by atoms with Gasteiger partial charge in [-0.1, -0.05) is 27.7 Å². The van der Waals surface area contributed by atoms with Crippen molar-refractivity contribution in [1.82, 2.24) is 10.3 Å². The van der Waals surface area contributed by atoms with E-state index in [1.54, 1.807) is 7.11 Å². The first-order valence-corrected chi connectivity index (χ1v) is 8.02. The Kier molecular flexibility index (Phi) is 4.64. The molecule has 1 aliphatic carbocycles. The lowest BCUT2D eigenvalue weighted by atomic mass is 9.89. The van der Waals surface area contributed by atoms with Crippen LogP contribution in [0.1, 0.15) is 68.1 Å². The largest absolute Gasteiger partial charge is 0.374 e. The van der Waals surface area contributed by atoms with Crippen LogP contribution in [0.2, 0.25) is 0 Å². The molecule has 0 aliphatic heterocycles. The number of hydrogen-bond donors (Lipinski definition) is 1. The highest BCUT2D eigenvalue weighted by Gasteiger charge is 2.34. The Morgan fingerprint density at radius 3 is 2.58 bits per heavy atom. The molecule has 0 radical (unpaired) electrons. The zero-order valence-corrected chi connectivity index (χ0v) is 13.6. The zero-order valence-electron chi connectivity index (χ0n) is 12.7. The summed E-state index contributed by atoms with van der Waals surface area (Å²) in [6, 6.07) is 0. The van der Waals surface area contributed by atoms with Crippen molar-refractivity contribution in [2.24, 2.45) is 5.41 Å². The minimum atomic E-state index is 0.0862. The van der Waals surface area contributed by atoms with E-state index in [4.69, 9.17) is 9.72 Å². The summed E-state index contributed by atoms with van der Waals surface area (Å²) in [5, 5.41) is 4.57. The van der Waals surface area contributed by atoms with E-state index in [0.717, 1.165) is 18.1 Å². The van der Waals surface area contributed by atoms with Crippen molar-refractivity contribution in [3.63, 3.8) is 0 Å². The van der Waals surface area contributed by atoms with Gasteiger partial charge >= 0.3 is 0 Å². The van der Waals surface area contributed by atoms with Crippen LogP contribution in [0.15, 0.2) is 0 Å². The minimum Gasteiger partial charge on any atom is -0.374 e. The number of aromatic nitrogens is 1. The van der Waals surface area contributed by atoms with Gasteiger partial charge in [0, 0.05) is 24.4 Å². The Balaban J connectivity index is 2.25. The monoisotopic (exact) mass is 282 g/mol. The molecule has 108 valence electrons. The molecule has 1 heterocycles. The van der Waals surface area contributed by atoms with Gasteiger partial charge in [-0.25, -0.2) is 4.98 Å².